The maximum Gasteiger partial charge on any atom is 0.120 e. The van der Waals surface area contributed by atoms with Crippen LogP contribution in [0.1, 0.15) is 41.5 Å². The van der Waals surface area contributed by atoms with Crippen molar-refractivity contribution >= 4 is 0 Å². The minimum absolute atomic E-state index is 0.329. The molecule has 0 bridgehead atoms. The number of rotatable bonds is 4. The van der Waals surface area contributed by atoms with E-state index < -0.39 is 0 Å². The van der Waals surface area contributed by atoms with E-state index in [2.05, 4.69) is 17.9 Å². The normalized spacial score (nSPS) is 17.6. The predicted molar refractivity (Wildman–Crippen MR) is 94.3 cm³/mol. The van der Waals surface area contributed by atoms with E-state index in [1.807, 2.05) is 48.0 Å². The molecule has 4 heteroatoms. The summed E-state index contributed by atoms with van der Waals surface area (Å²) in [6.07, 6.45) is 1.65. The van der Waals surface area contributed by atoms with Crippen molar-refractivity contribution in [2.75, 3.05) is 13.1 Å². The molecule has 1 aromatic heterocycles. The average molecular weight is 323 g/mol. The van der Waals surface area contributed by atoms with Crippen LogP contribution in [0.4, 0.5) is 0 Å². The Hall–Kier alpha value is -2.09. The first-order chi connectivity index (χ1) is 11.6. The Labute approximate surface area is 143 Å². The SMILES string of the molecule is Cc1c(CN2CCC(C(O)c3ccccc3)CC2)cc(C#N)n1C. The van der Waals surface area contributed by atoms with Gasteiger partial charge in [-0.3, -0.25) is 4.90 Å². The van der Waals surface area contributed by atoms with Gasteiger partial charge in [-0.2, -0.15) is 5.26 Å². The fourth-order valence-corrected chi connectivity index (χ4v) is 3.62. The van der Waals surface area contributed by atoms with Gasteiger partial charge in [0.25, 0.3) is 0 Å². The van der Waals surface area contributed by atoms with Crippen molar-refractivity contribution in [3.8, 4) is 6.07 Å². The average Bonchev–Trinajstić information content (AvgIpc) is 2.90. The van der Waals surface area contributed by atoms with Crippen molar-refractivity contribution in [3.63, 3.8) is 0 Å². The first-order valence-electron chi connectivity index (χ1n) is 8.61. The summed E-state index contributed by atoms with van der Waals surface area (Å²) in [4.78, 5) is 2.43. The Balaban J connectivity index is 1.59. The zero-order chi connectivity index (χ0) is 17.1. The van der Waals surface area contributed by atoms with Crippen molar-refractivity contribution in [2.45, 2.75) is 32.4 Å². The van der Waals surface area contributed by atoms with Gasteiger partial charge in [0, 0.05) is 19.3 Å². The quantitative estimate of drug-likeness (QED) is 0.940. The standard InChI is InChI=1S/C20H25N3O/c1-15-18(12-19(13-21)22(15)2)14-23-10-8-17(9-11-23)20(24)16-6-4-3-5-7-16/h3-7,12,17,20,24H,8-11,14H2,1-2H3. The smallest absolute Gasteiger partial charge is 0.120 e. The van der Waals surface area contributed by atoms with Gasteiger partial charge in [-0.25, -0.2) is 0 Å². The third-order valence-corrected chi connectivity index (χ3v) is 5.37. The summed E-state index contributed by atoms with van der Waals surface area (Å²) in [6.45, 7) is 4.94. The number of aliphatic hydroxyl groups is 1. The number of piperidine rings is 1. The number of nitriles is 1. The Morgan fingerprint density at radius 2 is 1.92 bits per heavy atom. The van der Waals surface area contributed by atoms with Gasteiger partial charge in [-0.15, -0.1) is 0 Å². The summed E-state index contributed by atoms with van der Waals surface area (Å²) in [5, 5.41) is 19.7. The highest BCUT2D eigenvalue weighted by Gasteiger charge is 2.26. The molecule has 2 heterocycles. The van der Waals surface area contributed by atoms with Crippen molar-refractivity contribution < 1.29 is 5.11 Å². The molecule has 0 spiro atoms. The van der Waals surface area contributed by atoms with Gasteiger partial charge in [0.1, 0.15) is 11.8 Å². The maximum atomic E-state index is 10.6. The fraction of sp³-hybridized carbons (Fsp3) is 0.450. The van der Waals surface area contributed by atoms with Gasteiger partial charge in [0.2, 0.25) is 0 Å². The lowest BCUT2D eigenvalue weighted by Gasteiger charge is -2.34. The van der Waals surface area contributed by atoms with E-state index in [1.165, 1.54) is 5.56 Å². The summed E-state index contributed by atoms with van der Waals surface area (Å²) in [5.74, 6) is 0.329. The van der Waals surface area contributed by atoms with Crippen LogP contribution in [-0.4, -0.2) is 27.7 Å². The molecule has 0 saturated carbocycles. The van der Waals surface area contributed by atoms with Crippen LogP contribution in [0.5, 0.6) is 0 Å². The number of likely N-dealkylation sites (tertiary alicyclic amines) is 1. The Kier molecular flexibility index (Phi) is 5.03. The van der Waals surface area contributed by atoms with Crippen LogP contribution in [0.15, 0.2) is 36.4 Å². The summed E-state index contributed by atoms with van der Waals surface area (Å²) in [5.41, 5.74) is 4.14. The number of nitrogens with zero attached hydrogens (tertiary/aromatic N) is 3. The Bertz CT molecular complexity index is 721. The van der Waals surface area contributed by atoms with Crippen LogP contribution >= 0.6 is 0 Å². The summed E-state index contributed by atoms with van der Waals surface area (Å²) >= 11 is 0. The fourth-order valence-electron chi connectivity index (χ4n) is 3.62. The maximum absolute atomic E-state index is 10.6. The largest absolute Gasteiger partial charge is 0.388 e. The molecule has 24 heavy (non-hydrogen) atoms. The van der Waals surface area contributed by atoms with E-state index in [-0.39, 0.29) is 6.10 Å². The lowest BCUT2D eigenvalue weighted by molar-refractivity contribution is 0.0567. The van der Waals surface area contributed by atoms with Crippen LogP contribution in [0, 0.1) is 24.2 Å². The zero-order valence-electron chi connectivity index (χ0n) is 14.4. The molecule has 0 radical (unpaired) electrons. The molecule has 1 atom stereocenters. The van der Waals surface area contributed by atoms with Crippen LogP contribution in [0.2, 0.25) is 0 Å². The molecule has 126 valence electrons. The van der Waals surface area contributed by atoms with E-state index in [9.17, 15) is 5.11 Å². The second-order valence-corrected chi connectivity index (χ2v) is 6.78. The molecule has 1 N–H and O–H groups in total. The highest BCUT2D eigenvalue weighted by molar-refractivity contribution is 5.34. The van der Waals surface area contributed by atoms with Crippen LogP contribution < -0.4 is 0 Å². The summed E-state index contributed by atoms with van der Waals surface area (Å²) in [6, 6.07) is 14.2. The molecule has 1 fully saturated rings. The summed E-state index contributed by atoms with van der Waals surface area (Å²) in [7, 11) is 1.94. The highest BCUT2D eigenvalue weighted by atomic mass is 16.3. The topological polar surface area (TPSA) is 52.2 Å². The molecule has 1 aromatic carbocycles. The molecular formula is C20H25N3O. The molecule has 2 aromatic rings. The van der Waals surface area contributed by atoms with Gasteiger partial charge >= 0.3 is 0 Å². The van der Waals surface area contributed by atoms with Crippen molar-refractivity contribution in [1.29, 1.82) is 5.26 Å². The number of hydrogen-bond donors (Lipinski definition) is 1. The second-order valence-electron chi connectivity index (χ2n) is 6.78. The molecule has 1 aliphatic rings. The third-order valence-electron chi connectivity index (χ3n) is 5.37. The van der Waals surface area contributed by atoms with Gasteiger partial charge in [0.15, 0.2) is 0 Å². The minimum atomic E-state index is -0.364. The van der Waals surface area contributed by atoms with E-state index in [0.29, 0.717) is 5.92 Å². The number of aliphatic hydroxyl groups excluding tert-OH is 1. The van der Waals surface area contributed by atoms with Gasteiger partial charge in [0.05, 0.1) is 6.10 Å². The second kappa shape index (κ2) is 7.21. The van der Waals surface area contributed by atoms with Crippen molar-refractivity contribution in [3.05, 3.63) is 58.9 Å². The molecule has 0 aliphatic carbocycles. The van der Waals surface area contributed by atoms with Gasteiger partial charge in [-0.1, -0.05) is 30.3 Å². The Morgan fingerprint density at radius 1 is 1.25 bits per heavy atom. The van der Waals surface area contributed by atoms with Gasteiger partial charge < -0.3 is 9.67 Å². The predicted octanol–water partition coefficient (Wildman–Crippen LogP) is 3.15. The lowest BCUT2D eigenvalue weighted by Crippen LogP contribution is -2.35. The minimum Gasteiger partial charge on any atom is -0.388 e. The van der Waals surface area contributed by atoms with Crippen molar-refractivity contribution in [1.82, 2.24) is 9.47 Å². The first-order valence-corrected chi connectivity index (χ1v) is 8.61. The molecule has 1 saturated heterocycles. The number of benzene rings is 1. The lowest BCUT2D eigenvalue weighted by atomic mass is 9.87. The van der Waals surface area contributed by atoms with Crippen molar-refractivity contribution in [2.24, 2.45) is 13.0 Å². The zero-order valence-corrected chi connectivity index (χ0v) is 14.4. The summed E-state index contributed by atoms with van der Waals surface area (Å²) < 4.78 is 1.96. The third kappa shape index (κ3) is 3.38. The van der Waals surface area contributed by atoms with E-state index in [1.54, 1.807) is 0 Å². The van der Waals surface area contributed by atoms with Crippen LogP contribution in [0.25, 0.3) is 0 Å². The van der Waals surface area contributed by atoms with Crippen LogP contribution in [0.3, 0.4) is 0 Å². The number of aromatic nitrogens is 1. The van der Waals surface area contributed by atoms with E-state index >= 15 is 0 Å². The number of hydrogen-bond acceptors (Lipinski definition) is 3. The molecule has 1 unspecified atom stereocenters. The molecule has 0 amide bonds. The monoisotopic (exact) mass is 323 g/mol. The van der Waals surface area contributed by atoms with E-state index in [0.717, 1.165) is 49.4 Å². The first kappa shape index (κ1) is 16.8. The van der Waals surface area contributed by atoms with Crippen LogP contribution in [-0.2, 0) is 13.6 Å². The molecule has 4 nitrogen and oxygen atoms in total. The van der Waals surface area contributed by atoms with Gasteiger partial charge in [-0.05, 0) is 56.0 Å². The molecule has 1 aliphatic heterocycles. The molecular weight excluding hydrogens is 298 g/mol. The highest BCUT2D eigenvalue weighted by Crippen LogP contribution is 2.31. The van der Waals surface area contributed by atoms with E-state index in [4.69, 9.17) is 5.26 Å². The molecule has 3 rings (SSSR count). The Morgan fingerprint density at radius 3 is 2.50 bits per heavy atom.